The highest BCUT2D eigenvalue weighted by Gasteiger charge is 2.33. The van der Waals surface area contributed by atoms with Gasteiger partial charge in [-0.05, 0) is 50.3 Å². The summed E-state index contributed by atoms with van der Waals surface area (Å²) in [4.78, 5) is 27.0. The second kappa shape index (κ2) is 8.46. The SMILES string of the molecule is CC1=C(C(=O)OC2CCCCCC2)[C@H](c2ccc(N(C)C)cc2)NC(=O)N1. The number of carbonyl (C=O) groups excluding carboxylic acids is 2. The highest BCUT2D eigenvalue weighted by Crippen LogP contribution is 2.30. The predicted molar refractivity (Wildman–Crippen MR) is 105 cm³/mol. The Balaban J connectivity index is 1.83. The Bertz CT molecular complexity index is 717. The van der Waals surface area contributed by atoms with E-state index in [-0.39, 0.29) is 18.1 Å². The van der Waals surface area contributed by atoms with Gasteiger partial charge in [0, 0.05) is 25.5 Å². The molecule has 2 aliphatic rings. The van der Waals surface area contributed by atoms with Crippen LogP contribution in [0.1, 0.15) is 57.1 Å². The molecule has 0 bridgehead atoms. The molecule has 6 nitrogen and oxygen atoms in total. The molecule has 0 saturated heterocycles. The third-order valence-corrected chi connectivity index (χ3v) is 5.31. The Morgan fingerprint density at radius 1 is 1.07 bits per heavy atom. The van der Waals surface area contributed by atoms with Crippen molar-refractivity contribution in [3.8, 4) is 0 Å². The van der Waals surface area contributed by atoms with Crippen molar-refractivity contribution in [3.63, 3.8) is 0 Å². The number of urea groups is 1. The molecular weight excluding hydrogens is 342 g/mol. The Labute approximate surface area is 161 Å². The number of hydrogen-bond donors (Lipinski definition) is 2. The summed E-state index contributed by atoms with van der Waals surface area (Å²) in [5.41, 5.74) is 2.96. The number of carbonyl (C=O) groups is 2. The Kier molecular flexibility index (Phi) is 6.04. The Hall–Kier alpha value is -2.50. The van der Waals surface area contributed by atoms with Crippen molar-refractivity contribution >= 4 is 17.7 Å². The fraction of sp³-hybridized carbons (Fsp3) is 0.524. The number of nitrogens with zero attached hydrogens (tertiary/aromatic N) is 1. The van der Waals surface area contributed by atoms with Crippen LogP contribution in [0.15, 0.2) is 35.5 Å². The summed E-state index contributed by atoms with van der Waals surface area (Å²) in [7, 11) is 3.95. The summed E-state index contributed by atoms with van der Waals surface area (Å²) >= 11 is 0. The second-order valence-corrected chi connectivity index (χ2v) is 7.57. The lowest BCUT2D eigenvalue weighted by Crippen LogP contribution is -2.45. The lowest BCUT2D eigenvalue weighted by atomic mass is 9.95. The quantitative estimate of drug-likeness (QED) is 0.626. The maximum absolute atomic E-state index is 13.0. The number of ether oxygens (including phenoxy) is 1. The average molecular weight is 371 g/mol. The molecule has 0 unspecified atom stereocenters. The number of benzene rings is 1. The van der Waals surface area contributed by atoms with Crippen LogP contribution in [-0.2, 0) is 9.53 Å². The van der Waals surface area contributed by atoms with E-state index in [0.29, 0.717) is 11.3 Å². The summed E-state index contributed by atoms with van der Waals surface area (Å²) < 4.78 is 5.83. The van der Waals surface area contributed by atoms with Crippen LogP contribution in [-0.4, -0.2) is 32.2 Å². The fourth-order valence-electron chi connectivity index (χ4n) is 3.75. The molecule has 1 heterocycles. The normalized spacial score (nSPS) is 21.1. The lowest BCUT2D eigenvalue weighted by molar-refractivity contribution is -0.145. The fourth-order valence-corrected chi connectivity index (χ4v) is 3.75. The van der Waals surface area contributed by atoms with Crippen molar-refractivity contribution < 1.29 is 14.3 Å². The van der Waals surface area contributed by atoms with Crippen molar-refractivity contribution in [1.82, 2.24) is 10.6 Å². The molecule has 1 aromatic rings. The first-order valence-corrected chi connectivity index (χ1v) is 9.72. The summed E-state index contributed by atoms with van der Waals surface area (Å²) in [6.45, 7) is 1.75. The van der Waals surface area contributed by atoms with Gasteiger partial charge in [-0.3, -0.25) is 0 Å². The van der Waals surface area contributed by atoms with Gasteiger partial charge in [0.2, 0.25) is 0 Å². The van der Waals surface area contributed by atoms with Gasteiger partial charge in [0.1, 0.15) is 6.10 Å². The molecule has 146 valence electrons. The van der Waals surface area contributed by atoms with Gasteiger partial charge in [0.15, 0.2) is 0 Å². The van der Waals surface area contributed by atoms with Gasteiger partial charge in [-0.15, -0.1) is 0 Å². The minimum Gasteiger partial charge on any atom is -0.459 e. The Morgan fingerprint density at radius 2 is 1.70 bits per heavy atom. The summed E-state index contributed by atoms with van der Waals surface area (Å²) in [5.74, 6) is -0.339. The van der Waals surface area contributed by atoms with Crippen LogP contribution in [0.3, 0.4) is 0 Å². The topological polar surface area (TPSA) is 70.7 Å². The first-order chi connectivity index (χ1) is 13.0. The molecule has 27 heavy (non-hydrogen) atoms. The van der Waals surface area contributed by atoms with Crippen molar-refractivity contribution in [2.45, 2.75) is 57.6 Å². The number of nitrogens with one attached hydrogen (secondary N) is 2. The smallest absolute Gasteiger partial charge is 0.338 e. The molecule has 1 aromatic carbocycles. The van der Waals surface area contributed by atoms with Gasteiger partial charge in [-0.25, -0.2) is 9.59 Å². The van der Waals surface area contributed by atoms with Crippen LogP contribution in [0.2, 0.25) is 0 Å². The molecule has 1 fully saturated rings. The van der Waals surface area contributed by atoms with Crippen LogP contribution < -0.4 is 15.5 Å². The highest BCUT2D eigenvalue weighted by atomic mass is 16.5. The van der Waals surface area contributed by atoms with Gasteiger partial charge in [-0.1, -0.05) is 25.0 Å². The van der Waals surface area contributed by atoms with E-state index in [2.05, 4.69) is 10.6 Å². The number of amides is 2. The Morgan fingerprint density at radius 3 is 2.30 bits per heavy atom. The van der Waals surface area contributed by atoms with Gasteiger partial charge >= 0.3 is 12.0 Å². The maximum atomic E-state index is 13.0. The molecule has 1 saturated carbocycles. The largest absolute Gasteiger partial charge is 0.459 e. The standard InChI is InChI=1S/C21H29N3O3/c1-14-18(20(25)27-17-8-6-4-5-7-9-17)19(23-21(26)22-14)15-10-12-16(13-11-15)24(2)3/h10-13,17,19H,4-9H2,1-3H3,(H2,22,23,26)/t19-/m0/s1. The second-order valence-electron chi connectivity index (χ2n) is 7.57. The first kappa shape index (κ1) is 19.3. The van der Waals surface area contributed by atoms with Crippen molar-refractivity contribution in [2.75, 3.05) is 19.0 Å². The molecular formula is C21H29N3O3. The molecule has 1 aliphatic carbocycles. The number of rotatable bonds is 4. The number of anilines is 1. The third-order valence-electron chi connectivity index (χ3n) is 5.31. The third kappa shape index (κ3) is 4.62. The monoisotopic (exact) mass is 371 g/mol. The minimum absolute atomic E-state index is 0.0327. The van der Waals surface area contributed by atoms with E-state index in [9.17, 15) is 9.59 Å². The molecule has 0 radical (unpaired) electrons. The zero-order valence-electron chi connectivity index (χ0n) is 16.4. The van der Waals surface area contributed by atoms with Crippen LogP contribution in [0.4, 0.5) is 10.5 Å². The molecule has 2 amide bonds. The maximum Gasteiger partial charge on any atom is 0.338 e. The average Bonchev–Trinajstić information content (AvgIpc) is 2.89. The van der Waals surface area contributed by atoms with Gasteiger partial charge in [0.25, 0.3) is 0 Å². The molecule has 6 heteroatoms. The zero-order valence-corrected chi connectivity index (χ0v) is 16.4. The molecule has 1 atom stereocenters. The minimum atomic E-state index is -0.506. The van der Waals surface area contributed by atoms with Crippen LogP contribution in [0.5, 0.6) is 0 Å². The molecule has 1 aliphatic heterocycles. The van der Waals surface area contributed by atoms with Crippen molar-refractivity contribution in [1.29, 1.82) is 0 Å². The summed E-state index contributed by atoms with van der Waals surface area (Å²) in [5, 5.41) is 5.58. The summed E-state index contributed by atoms with van der Waals surface area (Å²) in [6.07, 6.45) is 6.40. The van der Waals surface area contributed by atoms with E-state index >= 15 is 0 Å². The van der Waals surface area contributed by atoms with Gasteiger partial charge < -0.3 is 20.3 Å². The van der Waals surface area contributed by atoms with E-state index in [1.807, 2.05) is 43.3 Å². The van der Waals surface area contributed by atoms with Crippen LogP contribution in [0, 0.1) is 0 Å². The van der Waals surface area contributed by atoms with E-state index in [1.54, 1.807) is 6.92 Å². The highest BCUT2D eigenvalue weighted by molar-refractivity contribution is 5.95. The molecule has 3 rings (SSSR count). The van der Waals surface area contributed by atoms with E-state index in [0.717, 1.165) is 36.9 Å². The molecule has 2 N–H and O–H groups in total. The number of hydrogen-bond acceptors (Lipinski definition) is 4. The van der Waals surface area contributed by atoms with Gasteiger partial charge in [0.05, 0.1) is 11.6 Å². The summed E-state index contributed by atoms with van der Waals surface area (Å²) in [6, 6.07) is 7.03. The number of esters is 1. The number of allylic oxidation sites excluding steroid dienone is 1. The first-order valence-electron chi connectivity index (χ1n) is 9.72. The van der Waals surface area contributed by atoms with E-state index in [1.165, 1.54) is 12.8 Å². The van der Waals surface area contributed by atoms with E-state index in [4.69, 9.17) is 4.74 Å². The zero-order chi connectivity index (χ0) is 19.4. The van der Waals surface area contributed by atoms with Crippen LogP contribution in [0.25, 0.3) is 0 Å². The lowest BCUT2D eigenvalue weighted by Gasteiger charge is -2.29. The van der Waals surface area contributed by atoms with Crippen LogP contribution >= 0.6 is 0 Å². The molecule has 0 aromatic heterocycles. The van der Waals surface area contributed by atoms with E-state index < -0.39 is 6.04 Å². The van der Waals surface area contributed by atoms with Crippen molar-refractivity contribution in [3.05, 3.63) is 41.1 Å². The molecule has 0 spiro atoms. The van der Waals surface area contributed by atoms with Crippen molar-refractivity contribution in [2.24, 2.45) is 0 Å². The van der Waals surface area contributed by atoms with Gasteiger partial charge in [-0.2, -0.15) is 0 Å². The predicted octanol–water partition coefficient (Wildman–Crippen LogP) is 3.65.